The second-order valence-corrected chi connectivity index (χ2v) is 8.83. The number of carbonyl (C=O) groups excluding carboxylic acids is 2. The zero-order valence-electron chi connectivity index (χ0n) is 16.9. The maximum atomic E-state index is 12.9. The molecule has 0 aliphatic carbocycles. The van der Waals surface area contributed by atoms with Gasteiger partial charge in [-0.25, -0.2) is 0 Å². The number of likely N-dealkylation sites (tertiary alicyclic amines) is 1. The summed E-state index contributed by atoms with van der Waals surface area (Å²) in [6, 6.07) is 14.8. The van der Waals surface area contributed by atoms with E-state index in [1.54, 1.807) is 24.3 Å². The first kappa shape index (κ1) is 22.7. The van der Waals surface area contributed by atoms with Crippen LogP contribution in [0.2, 0.25) is 5.02 Å². The number of nitrogens with zero attached hydrogens (tertiary/aromatic N) is 1. The Labute approximate surface area is 186 Å². The first-order valence-electron chi connectivity index (χ1n) is 10.2. The van der Waals surface area contributed by atoms with Gasteiger partial charge < -0.3 is 15.3 Å². The number of anilines is 1. The first-order valence-corrected chi connectivity index (χ1v) is 11.7. The molecule has 0 spiro atoms. The molecule has 1 aliphatic rings. The Bertz CT molecular complexity index is 841. The van der Waals surface area contributed by atoms with E-state index in [1.807, 2.05) is 29.2 Å². The highest BCUT2D eigenvalue weighted by Gasteiger charge is 2.26. The summed E-state index contributed by atoms with van der Waals surface area (Å²) >= 11 is 7.37. The van der Waals surface area contributed by atoms with E-state index in [2.05, 4.69) is 5.32 Å². The number of piperidine rings is 1. The van der Waals surface area contributed by atoms with Gasteiger partial charge in [-0.15, -0.1) is 11.8 Å². The molecule has 1 atom stereocenters. The van der Waals surface area contributed by atoms with E-state index in [1.165, 1.54) is 11.8 Å². The largest absolute Gasteiger partial charge is 0.396 e. The lowest BCUT2D eigenvalue weighted by Crippen LogP contribution is -2.44. The zero-order valence-corrected chi connectivity index (χ0v) is 18.4. The van der Waals surface area contributed by atoms with Gasteiger partial charge in [-0.2, -0.15) is 0 Å². The van der Waals surface area contributed by atoms with Crippen LogP contribution in [0.25, 0.3) is 0 Å². The summed E-state index contributed by atoms with van der Waals surface area (Å²) in [5.41, 5.74) is 2.47. The third-order valence-corrected chi connectivity index (χ3v) is 6.44. The lowest BCUT2D eigenvalue weighted by Gasteiger charge is -2.35. The summed E-state index contributed by atoms with van der Waals surface area (Å²) in [5, 5.41) is 12.7. The van der Waals surface area contributed by atoms with Gasteiger partial charge >= 0.3 is 0 Å². The monoisotopic (exact) mass is 446 g/mol. The highest BCUT2D eigenvalue weighted by Crippen LogP contribution is 2.23. The number of halogens is 1. The highest BCUT2D eigenvalue weighted by atomic mass is 35.5. The summed E-state index contributed by atoms with van der Waals surface area (Å²) in [7, 11) is 0. The van der Waals surface area contributed by atoms with Crippen LogP contribution < -0.4 is 5.32 Å². The van der Waals surface area contributed by atoms with E-state index in [0.717, 1.165) is 37.1 Å². The highest BCUT2D eigenvalue weighted by molar-refractivity contribution is 7.99. The van der Waals surface area contributed by atoms with E-state index in [9.17, 15) is 14.7 Å². The number of rotatable bonds is 8. The second kappa shape index (κ2) is 11.4. The number of nitrogens with one attached hydrogen (secondary N) is 1. The van der Waals surface area contributed by atoms with Crippen molar-refractivity contribution in [2.45, 2.75) is 37.5 Å². The van der Waals surface area contributed by atoms with Gasteiger partial charge in [0, 0.05) is 41.2 Å². The fourth-order valence-electron chi connectivity index (χ4n) is 3.62. The van der Waals surface area contributed by atoms with Crippen molar-refractivity contribution in [3.05, 3.63) is 64.7 Å². The number of aliphatic hydroxyl groups excluding tert-OH is 1. The van der Waals surface area contributed by atoms with E-state index >= 15 is 0 Å². The quantitative estimate of drug-likeness (QED) is 0.622. The van der Waals surface area contributed by atoms with Gasteiger partial charge in [-0.3, -0.25) is 9.59 Å². The van der Waals surface area contributed by atoms with Gasteiger partial charge in [0.05, 0.1) is 5.75 Å². The van der Waals surface area contributed by atoms with E-state index in [-0.39, 0.29) is 24.5 Å². The number of aliphatic hydroxyl groups is 1. The minimum absolute atomic E-state index is 0.0368. The third kappa shape index (κ3) is 6.49. The first-order chi connectivity index (χ1) is 14.6. The molecule has 160 valence electrons. The molecule has 7 heteroatoms. The molecule has 3 rings (SSSR count). The van der Waals surface area contributed by atoms with Gasteiger partial charge in [0.15, 0.2) is 0 Å². The fourth-order valence-corrected chi connectivity index (χ4v) is 4.53. The predicted octanol–water partition coefficient (Wildman–Crippen LogP) is 4.59. The normalized spacial score (nSPS) is 16.3. The smallest absolute Gasteiger partial charge is 0.254 e. The van der Waals surface area contributed by atoms with Crippen molar-refractivity contribution in [1.29, 1.82) is 0 Å². The lowest BCUT2D eigenvalue weighted by molar-refractivity contribution is -0.113. The summed E-state index contributed by atoms with van der Waals surface area (Å²) in [5.74, 6) is 1.02. The maximum absolute atomic E-state index is 12.9. The topological polar surface area (TPSA) is 69.6 Å². The number of thioether (sulfide) groups is 1. The molecule has 1 heterocycles. The van der Waals surface area contributed by atoms with Crippen LogP contribution in [0.3, 0.4) is 0 Å². The molecule has 2 amide bonds. The summed E-state index contributed by atoms with van der Waals surface area (Å²) in [6.45, 7) is 0.861. The van der Waals surface area contributed by atoms with Crippen LogP contribution in [-0.4, -0.2) is 46.8 Å². The van der Waals surface area contributed by atoms with Crippen molar-refractivity contribution in [2.75, 3.05) is 24.2 Å². The zero-order chi connectivity index (χ0) is 21.3. The number of amides is 2. The molecule has 1 fully saturated rings. The second-order valence-electron chi connectivity index (χ2n) is 7.41. The molecule has 0 saturated carbocycles. The van der Waals surface area contributed by atoms with Gasteiger partial charge in [0.25, 0.3) is 5.91 Å². The number of benzene rings is 2. The Morgan fingerprint density at radius 3 is 2.53 bits per heavy atom. The molecule has 0 bridgehead atoms. The molecule has 5 nitrogen and oxygen atoms in total. The number of carbonyl (C=O) groups is 2. The molecular formula is C23H27ClN2O3S. The van der Waals surface area contributed by atoms with Crippen LogP contribution in [0.1, 0.15) is 41.6 Å². The SMILES string of the molecule is O=C(CSCc1ccc(C(=O)N2CCCCC2CCO)cc1)Nc1ccc(Cl)cc1. The standard InChI is InChI=1S/C23H27ClN2O3S/c24-19-8-10-20(11-9-19)25-22(28)16-30-15-17-4-6-18(7-5-17)23(29)26-13-2-1-3-21(26)12-14-27/h4-11,21,27H,1-3,12-16H2,(H,25,28). The van der Waals surface area contributed by atoms with Crippen molar-refractivity contribution < 1.29 is 14.7 Å². The van der Waals surface area contributed by atoms with Crippen LogP contribution in [0.4, 0.5) is 5.69 Å². The van der Waals surface area contributed by atoms with Crippen LogP contribution >= 0.6 is 23.4 Å². The van der Waals surface area contributed by atoms with E-state index in [0.29, 0.717) is 28.5 Å². The van der Waals surface area contributed by atoms with Crippen molar-refractivity contribution in [1.82, 2.24) is 4.90 Å². The summed E-state index contributed by atoms with van der Waals surface area (Å²) in [4.78, 5) is 26.8. The van der Waals surface area contributed by atoms with Crippen LogP contribution in [0.5, 0.6) is 0 Å². The molecule has 1 saturated heterocycles. The Hall–Kier alpha value is -2.02. The third-order valence-electron chi connectivity index (χ3n) is 5.18. The van der Waals surface area contributed by atoms with Gasteiger partial charge in [0.2, 0.25) is 5.91 Å². The molecule has 2 aromatic rings. The van der Waals surface area contributed by atoms with Gasteiger partial charge in [0.1, 0.15) is 0 Å². The van der Waals surface area contributed by atoms with Crippen LogP contribution in [0.15, 0.2) is 48.5 Å². The van der Waals surface area contributed by atoms with Crippen LogP contribution in [-0.2, 0) is 10.5 Å². The summed E-state index contributed by atoms with van der Waals surface area (Å²) in [6.07, 6.45) is 3.72. The summed E-state index contributed by atoms with van der Waals surface area (Å²) < 4.78 is 0. The Kier molecular flexibility index (Phi) is 8.61. The molecule has 1 unspecified atom stereocenters. The number of hydrogen-bond acceptors (Lipinski definition) is 4. The molecule has 2 N–H and O–H groups in total. The lowest BCUT2D eigenvalue weighted by atomic mass is 9.98. The maximum Gasteiger partial charge on any atom is 0.254 e. The van der Waals surface area contributed by atoms with Crippen molar-refractivity contribution in [3.63, 3.8) is 0 Å². The minimum atomic E-state index is -0.0610. The van der Waals surface area contributed by atoms with Crippen LogP contribution in [0, 0.1) is 0 Å². The Morgan fingerprint density at radius 2 is 1.83 bits per heavy atom. The molecule has 30 heavy (non-hydrogen) atoms. The molecule has 0 radical (unpaired) electrons. The van der Waals surface area contributed by atoms with E-state index < -0.39 is 0 Å². The minimum Gasteiger partial charge on any atom is -0.396 e. The Morgan fingerprint density at radius 1 is 1.10 bits per heavy atom. The molecule has 1 aliphatic heterocycles. The molecule has 0 aromatic heterocycles. The average Bonchev–Trinajstić information content (AvgIpc) is 2.76. The van der Waals surface area contributed by atoms with Crippen molar-refractivity contribution in [2.24, 2.45) is 0 Å². The number of hydrogen-bond donors (Lipinski definition) is 2. The van der Waals surface area contributed by atoms with Crippen molar-refractivity contribution in [3.8, 4) is 0 Å². The molecular weight excluding hydrogens is 420 g/mol. The van der Waals surface area contributed by atoms with E-state index in [4.69, 9.17) is 11.6 Å². The van der Waals surface area contributed by atoms with Crippen molar-refractivity contribution >= 4 is 40.9 Å². The molecule has 2 aromatic carbocycles. The fraction of sp³-hybridized carbons (Fsp3) is 0.391. The average molecular weight is 447 g/mol. The van der Waals surface area contributed by atoms with Gasteiger partial charge in [-0.1, -0.05) is 23.7 Å². The van der Waals surface area contributed by atoms with Gasteiger partial charge in [-0.05, 0) is 67.6 Å². The predicted molar refractivity (Wildman–Crippen MR) is 123 cm³/mol. The Balaban J connectivity index is 1.47.